The second kappa shape index (κ2) is 8.31. The summed E-state index contributed by atoms with van der Waals surface area (Å²) in [5.74, 6) is 0.378. The summed E-state index contributed by atoms with van der Waals surface area (Å²) in [5.41, 5.74) is 2.72. The van der Waals surface area contributed by atoms with E-state index in [9.17, 15) is 9.59 Å². The fourth-order valence-electron chi connectivity index (χ4n) is 3.42. The van der Waals surface area contributed by atoms with Crippen molar-refractivity contribution in [2.75, 3.05) is 6.54 Å². The first-order valence-electron chi connectivity index (χ1n) is 9.81. The van der Waals surface area contributed by atoms with Gasteiger partial charge in [-0.1, -0.05) is 48.5 Å². The fourth-order valence-corrected chi connectivity index (χ4v) is 3.42. The molecule has 1 aliphatic rings. The highest BCUT2D eigenvalue weighted by Crippen LogP contribution is 2.23. The van der Waals surface area contributed by atoms with Crippen molar-refractivity contribution in [1.29, 1.82) is 0 Å². The Morgan fingerprint density at radius 3 is 2.66 bits per heavy atom. The number of benzene rings is 2. The molecule has 3 aromatic rings. The lowest BCUT2D eigenvalue weighted by Gasteiger charge is -2.13. The summed E-state index contributed by atoms with van der Waals surface area (Å²) in [7, 11) is 0. The van der Waals surface area contributed by atoms with Crippen LogP contribution in [0.2, 0.25) is 0 Å². The van der Waals surface area contributed by atoms with Crippen molar-refractivity contribution >= 4 is 28.5 Å². The number of hydrogen-bond donors (Lipinski definition) is 1. The number of carbonyl (C=O) groups is 2. The summed E-state index contributed by atoms with van der Waals surface area (Å²) in [6.45, 7) is 2.43. The molecular weight excluding hydrogens is 366 g/mol. The number of carbonyl (C=O) groups excluding carboxylic acids is 2. The van der Waals surface area contributed by atoms with Gasteiger partial charge in [-0.05, 0) is 24.6 Å². The monoisotopic (exact) mass is 389 g/mol. The van der Waals surface area contributed by atoms with Gasteiger partial charge in [0, 0.05) is 24.6 Å². The highest BCUT2D eigenvalue weighted by Gasteiger charge is 2.22. The van der Waals surface area contributed by atoms with Crippen molar-refractivity contribution in [2.45, 2.75) is 32.2 Å². The van der Waals surface area contributed by atoms with Crippen LogP contribution in [0.3, 0.4) is 0 Å². The minimum absolute atomic E-state index is 0.121. The molecule has 6 heteroatoms. The third-order valence-corrected chi connectivity index (χ3v) is 5.01. The van der Waals surface area contributed by atoms with Crippen LogP contribution in [0, 0.1) is 0 Å². The molecule has 2 aromatic carbocycles. The van der Waals surface area contributed by atoms with Gasteiger partial charge in [-0.2, -0.15) is 5.10 Å². The van der Waals surface area contributed by atoms with E-state index in [1.54, 1.807) is 0 Å². The van der Waals surface area contributed by atoms with Crippen molar-refractivity contribution in [1.82, 2.24) is 10.3 Å². The number of fused-ring (bicyclic) bond motifs is 1. The maximum absolute atomic E-state index is 12.4. The van der Waals surface area contributed by atoms with E-state index in [2.05, 4.69) is 10.4 Å². The zero-order valence-electron chi connectivity index (χ0n) is 16.3. The van der Waals surface area contributed by atoms with E-state index in [1.807, 2.05) is 67.6 Å². The van der Waals surface area contributed by atoms with Gasteiger partial charge in [0.15, 0.2) is 0 Å². The number of furan rings is 1. The van der Waals surface area contributed by atoms with Crippen LogP contribution in [0.25, 0.3) is 11.0 Å². The second-order valence-electron chi connectivity index (χ2n) is 7.16. The molecule has 0 aliphatic carbocycles. The van der Waals surface area contributed by atoms with Crippen LogP contribution in [0.5, 0.6) is 0 Å². The molecule has 29 heavy (non-hydrogen) atoms. The average Bonchev–Trinajstić information content (AvgIpc) is 3.40. The highest BCUT2D eigenvalue weighted by molar-refractivity contribution is 6.02. The number of rotatable bonds is 6. The number of nitrogens with zero attached hydrogens (tertiary/aromatic N) is 2. The number of amides is 2. The topological polar surface area (TPSA) is 74.9 Å². The molecule has 0 saturated carbocycles. The van der Waals surface area contributed by atoms with E-state index in [1.165, 1.54) is 5.01 Å². The van der Waals surface area contributed by atoms with Crippen molar-refractivity contribution < 1.29 is 14.0 Å². The standard InChI is InChI=1S/C23H23N3O3/c1-16(21-15-18-9-5-6-10-20(18)29-21)24-22(27)11-12-23(28)26-14-13-19(25-26)17-7-3-2-4-8-17/h2-10,15-16H,11-14H2,1H3,(H,24,27). The largest absolute Gasteiger partial charge is 0.459 e. The van der Waals surface area contributed by atoms with Crippen LogP contribution in [0.4, 0.5) is 0 Å². The van der Waals surface area contributed by atoms with Gasteiger partial charge in [0.25, 0.3) is 0 Å². The first-order chi connectivity index (χ1) is 14.1. The van der Waals surface area contributed by atoms with Crippen molar-refractivity contribution in [3.05, 3.63) is 72.0 Å². The van der Waals surface area contributed by atoms with Crippen LogP contribution >= 0.6 is 0 Å². The molecule has 6 nitrogen and oxygen atoms in total. The summed E-state index contributed by atoms with van der Waals surface area (Å²) in [6.07, 6.45) is 0.978. The fraction of sp³-hybridized carbons (Fsp3) is 0.261. The van der Waals surface area contributed by atoms with Crippen LogP contribution in [-0.2, 0) is 9.59 Å². The SMILES string of the molecule is CC(NC(=O)CCC(=O)N1CCC(c2ccccc2)=N1)c1cc2ccccc2o1. The molecule has 2 amide bonds. The molecule has 4 rings (SSSR count). The third-order valence-electron chi connectivity index (χ3n) is 5.01. The van der Waals surface area contributed by atoms with Crippen LogP contribution in [0.15, 0.2) is 70.2 Å². The van der Waals surface area contributed by atoms with Gasteiger partial charge in [-0.25, -0.2) is 5.01 Å². The molecule has 0 bridgehead atoms. The van der Waals surface area contributed by atoms with Crippen LogP contribution < -0.4 is 5.32 Å². The third kappa shape index (κ3) is 4.37. The summed E-state index contributed by atoms with van der Waals surface area (Å²) in [6, 6.07) is 19.2. The van der Waals surface area contributed by atoms with Gasteiger partial charge in [-0.3, -0.25) is 9.59 Å². The molecule has 1 atom stereocenters. The minimum atomic E-state index is -0.264. The number of hydrogen-bond acceptors (Lipinski definition) is 4. The lowest BCUT2D eigenvalue weighted by molar-refractivity contribution is -0.133. The predicted octanol–water partition coefficient (Wildman–Crippen LogP) is 4.03. The molecule has 0 fully saturated rings. The predicted molar refractivity (Wildman–Crippen MR) is 111 cm³/mol. The Kier molecular flexibility index (Phi) is 5.42. The molecule has 1 unspecified atom stereocenters. The van der Waals surface area contributed by atoms with Gasteiger partial charge < -0.3 is 9.73 Å². The van der Waals surface area contributed by atoms with Crippen molar-refractivity contribution in [3.63, 3.8) is 0 Å². The van der Waals surface area contributed by atoms with E-state index < -0.39 is 0 Å². The lowest BCUT2D eigenvalue weighted by atomic mass is 10.1. The molecule has 0 radical (unpaired) electrons. The minimum Gasteiger partial charge on any atom is -0.459 e. The van der Waals surface area contributed by atoms with Gasteiger partial charge in [0.1, 0.15) is 11.3 Å². The Morgan fingerprint density at radius 1 is 1.10 bits per heavy atom. The number of para-hydroxylation sites is 1. The molecule has 1 aromatic heterocycles. The van der Waals surface area contributed by atoms with E-state index in [4.69, 9.17) is 4.42 Å². The Morgan fingerprint density at radius 2 is 1.86 bits per heavy atom. The van der Waals surface area contributed by atoms with Crippen LogP contribution in [-0.4, -0.2) is 29.1 Å². The van der Waals surface area contributed by atoms with Gasteiger partial charge in [0.05, 0.1) is 18.3 Å². The van der Waals surface area contributed by atoms with E-state index in [-0.39, 0.29) is 30.7 Å². The molecular formula is C23H23N3O3. The number of hydrazone groups is 1. The Balaban J connectivity index is 1.29. The first-order valence-corrected chi connectivity index (χ1v) is 9.81. The maximum Gasteiger partial charge on any atom is 0.243 e. The van der Waals surface area contributed by atoms with Crippen molar-refractivity contribution in [3.8, 4) is 0 Å². The second-order valence-corrected chi connectivity index (χ2v) is 7.16. The molecule has 2 heterocycles. The number of nitrogens with one attached hydrogen (secondary N) is 1. The molecule has 0 saturated heterocycles. The Hall–Kier alpha value is -3.41. The van der Waals surface area contributed by atoms with Gasteiger partial charge in [0.2, 0.25) is 11.8 Å². The first kappa shape index (κ1) is 18.9. The summed E-state index contributed by atoms with van der Waals surface area (Å²) < 4.78 is 5.78. The normalized spacial score (nSPS) is 14.7. The Labute approximate surface area is 169 Å². The van der Waals surface area contributed by atoms with Crippen LogP contribution in [0.1, 0.15) is 43.6 Å². The van der Waals surface area contributed by atoms with E-state index in [0.29, 0.717) is 12.3 Å². The summed E-state index contributed by atoms with van der Waals surface area (Å²) in [5, 5.41) is 9.79. The molecule has 1 N–H and O–H groups in total. The quantitative estimate of drug-likeness (QED) is 0.692. The van der Waals surface area contributed by atoms with E-state index in [0.717, 1.165) is 28.7 Å². The summed E-state index contributed by atoms with van der Waals surface area (Å²) >= 11 is 0. The highest BCUT2D eigenvalue weighted by atomic mass is 16.3. The zero-order chi connectivity index (χ0) is 20.2. The van der Waals surface area contributed by atoms with Gasteiger partial charge >= 0.3 is 0 Å². The molecule has 1 aliphatic heterocycles. The zero-order valence-corrected chi connectivity index (χ0v) is 16.3. The van der Waals surface area contributed by atoms with E-state index >= 15 is 0 Å². The maximum atomic E-state index is 12.4. The summed E-state index contributed by atoms with van der Waals surface area (Å²) in [4.78, 5) is 24.7. The molecule has 148 valence electrons. The smallest absolute Gasteiger partial charge is 0.243 e. The molecule has 0 spiro atoms. The lowest BCUT2D eigenvalue weighted by Crippen LogP contribution is -2.29. The Bertz CT molecular complexity index is 1020. The van der Waals surface area contributed by atoms with Gasteiger partial charge in [-0.15, -0.1) is 0 Å². The average molecular weight is 389 g/mol. The van der Waals surface area contributed by atoms with Crippen molar-refractivity contribution in [2.24, 2.45) is 5.10 Å².